The Bertz CT molecular complexity index is 577. The predicted octanol–water partition coefficient (Wildman–Crippen LogP) is 1.77. The van der Waals surface area contributed by atoms with Crippen molar-refractivity contribution in [1.82, 2.24) is 9.78 Å². The average molecular weight is 248 g/mol. The Morgan fingerprint density at radius 2 is 2.11 bits per heavy atom. The van der Waals surface area contributed by atoms with Gasteiger partial charge in [0.05, 0.1) is 11.9 Å². The molecule has 2 rings (SSSR count). The van der Waals surface area contributed by atoms with Gasteiger partial charge in [0.25, 0.3) is 0 Å². The van der Waals surface area contributed by atoms with Gasteiger partial charge in [0.1, 0.15) is 6.54 Å². The highest BCUT2D eigenvalue weighted by molar-refractivity contribution is 5.66. The van der Waals surface area contributed by atoms with Gasteiger partial charge in [0.15, 0.2) is 17.2 Å². The summed E-state index contributed by atoms with van der Waals surface area (Å²) in [7, 11) is 0. The van der Waals surface area contributed by atoms with E-state index in [9.17, 15) is 9.90 Å². The van der Waals surface area contributed by atoms with Crippen LogP contribution in [0.3, 0.4) is 0 Å². The fraction of sp³-hybridized carbons (Fsp3) is 0.167. The molecule has 94 valence electrons. The Morgan fingerprint density at radius 1 is 1.39 bits per heavy atom. The van der Waals surface area contributed by atoms with E-state index in [-0.39, 0.29) is 12.3 Å². The highest BCUT2D eigenvalue weighted by atomic mass is 16.5. The molecular formula is C12H12N2O4. The van der Waals surface area contributed by atoms with Crippen molar-refractivity contribution in [1.29, 1.82) is 0 Å². The second-order valence-electron chi connectivity index (χ2n) is 3.72. The molecular weight excluding hydrogens is 236 g/mol. The van der Waals surface area contributed by atoms with Crippen LogP contribution >= 0.6 is 0 Å². The van der Waals surface area contributed by atoms with Gasteiger partial charge in [-0.15, -0.1) is 0 Å². The van der Waals surface area contributed by atoms with E-state index in [1.54, 1.807) is 25.1 Å². The number of ether oxygens (including phenoxy) is 1. The number of carboxylic acids is 1. The van der Waals surface area contributed by atoms with E-state index >= 15 is 0 Å². The van der Waals surface area contributed by atoms with Crippen molar-refractivity contribution in [3.05, 3.63) is 36.2 Å². The minimum Gasteiger partial charge on any atom is -0.504 e. The first-order valence-corrected chi connectivity index (χ1v) is 5.28. The molecule has 0 aliphatic carbocycles. The van der Waals surface area contributed by atoms with Crippen LogP contribution in [0.5, 0.6) is 17.2 Å². The monoisotopic (exact) mass is 248 g/mol. The quantitative estimate of drug-likeness (QED) is 0.861. The van der Waals surface area contributed by atoms with Crippen molar-refractivity contribution >= 4 is 5.97 Å². The Balaban J connectivity index is 2.23. The average Bonchev–Trinajstić information content (AvgIpc) is 2.64. The largest absolute Gasteiger partial charge is 0.504 e. The molecule has 0 fully saturated rings. The summed E-state index contributed by atoms with van der Waals surface area (Å²) in [6, 6.07) is 6.53. The van der Waals surface area contributed by atoms with E-state index < -0.39 is 5.97 Å². The molecule has 0 bridgehead atoms. The lowest BCUT2D eigenvalue weighted by atomic mass is 10.3. The second-order valence-corrected chi connectivity index (χ2v) is 3.72. The molecule has 2 N–H and O–H groups in total. The molecule has 0 amide bonds. The Hall–Kier alpha value is -2.50. The van der Waals surface area contributed by atoms with Gasteiger partial charge < -0.3 is 14.9 Å². The lowest BCUT2D eigenvalue weighted by molar-refractivity contribution is -0.137. The molecule has 0 unspecified atom stereocenters. The fourth-order valence-corrected chi connectivity index (χ4v) is 1.48. The molecule has 1 aromatic heterocycles. The number of phenolic OH excluding ortho intramolecular Hbond substituents is 1. The van der Waals surface area contributed by atoms with Crippen molar-refractivity contribution in [3.8, 4) is 17.2 Å². The molecule has 1 heterocycles. The van der Waals surface area contributed by atoms with Gasteiger partial charge in [-0.05, 0) is 19.1 Å². The van der Waals surface area contributed by atoms with Crippen LogP contribution in [0.4, 0.5) is 0 Å². The number of aromatic nitrogens is 2. The fourth-order valence-electron chi connectivity index (χ4n) is 1.48. The lowest BCUT2D eigenvalue weighted by Gasteiger charge is -2.06. The van der Waals surface area contributed by atoms with Gasteiger partial charge in [-0.25, -0.2) is 0 Å². The van der Waals surface area contributed by atoms with E-state index in [2.05, 4.69) is 5.10 Å². The van der Waals surface area contributed by atoms with Crippen LogP contribution in [0.25, 0.3) is 0 Å². The maximum atomic E-state index is 10.6. The maximum absolute atomic E-state index is 10.6. The molecule has 2 aromatic rings. The van der Waals surface area contributed by atoms with Crippen LogP contribution in [0, 0.1) is 6.92 Å². The van der Waals surface area contributed by atoms with Crippen molar-refractivity contribution in [2.24, 2.45) is 0 Å². The van der Waals surface area contributed by atoms with Crippen LogP contribution in [0.2, 0.25) is 0 Å². The number of carbonyl (C=O) groups is 1. The summed E-state index contributed by atoms with van der Waals surface area (Å²) in [6.07, 6.45) is 1.42. The van der Waals surface area contributed by atoms with Crippen LogP contribution in [0.1, 0.15) is 5.69 Å². The van der Waals surface area contributed by atoms with Gasteiger partial charge in [0, 0.05) is 0 Å². The zero-order valence-corrected chi connectivity index (χ0v) is 9.70. The number of phenols is 1. The molecule has 6 heteroatoms. The van der Waals surface area contributed by atoms with Crippen molar-refractivity contribution < 1.29 is 19.7 Å². The summed E-state index contributed by atoms with van der Waals surface area (Å²) >= 11 is 0. The third-order valence-corrected chi connectivity index (χ3v) is 2.43. The minimum absolute atomic E-state index is 0.0166. The van der Waals surface area contributed by atoms with Gasteiger partial charge in [-0.2, -0.15) is 5.10 Å². The zero-order valence-electron chi connectivity index (χ0n) is 9.70. The normalized spacial score (nSPS) is 10.3. The van der Waals surface area contributed by atoms with E-state index in [1.165, 1.54) is 16.9 Å². The molecule has 0 saturated carbocycles. The number of carboxylic acid groups (broad SMARTS) is 1. The van der Waals surface area contributed by atoms with Crippen LogP contribution < -0.4 is 4.74 Å². The summed E-state index contributed by atoms with van der Waals surface area (Å²) < 4.78 is 6.79. The molecule has 0 atom stereocenters. The maximum Gasteiger partial charge on any atom is 0.325 e. The second kappa shape index (κ2) is 4.79. The Morgan fingerprint density at radius 3 is 2.78 bits per heavy atom. The van der Waals surface area contributed by atoms with Crippen LogP contribution in [-0.4, -0.2) is 26.0 Å². The molecule has 0 saturated heterocycles. The van der Waals surface area contributed by atoms with Gasteiger partial charge >= 0.3 is 5.97 Å². The van der Waals surface area contributed by atoms with Crippen LogP contribution in [0.15, 0.2) is 30.5 Å². The molecule has 18 heavy (non-hydrogen) atoms. The van der Waals surface area contributed by atoms with E-state index in [1.807, 2.05) is 0 Å². The topological polar surface area (TPSA) is 84.6 Å². The summed E-state index contributed by atoms with van der Waals surface area (Å²) in [5.74, 6) is -0.244. The molecule has 0 aliphatic heterocycles. The van der Waals surface area contributed by atoms with Crippen LogP contribution in [-0.2, 0) is 11.3 Å². The molecule has 0 aliphatic rings. The molecule has 1 aromatic carbocycles. The first kappa shape index (κ1) is 12.0. The summed E-state index contributed by atoms with van der Waals surface area (Å²) in [4.78, 5) is 10.6. The number of aromatic hydroxyl groups is 1. The third-order valence-electron chi connectivity index (χ3n) is 2.43. The first-order valence-electron chi connectivity index (χ1n) is 5.28. The van der Waals surface area contributed by atoms with Gasteiger partial charge in [-0.3, -0.25) is 9.48 Å². The van der Waals surface area contributed by atoms with Crippen molar-refractivity contribution in [3.63, 3.8) is 0 Å². The number of nitrogens with zero attached hydrogens (tertiary/aromatic N) is 2. The number of hydrogen-bond acceptors (Lipinski definition) is 4. The van der Waals surface area contributed by atoms with Crippen molar-refractivity contribution in [2.45, 2.75) is 13.5 Å². The molecule has 0 spiro atoms. The summed E-state index contributed by atoms with van der Waals surface area (Å²) in [5, 5.41) is 22.2. The predicted molar refractivity (Wildman–Crippen MR) is 62.8 cm³/mol. The van der Waals surface area contributed by atoms with E-state index in [4.69, 9.17) is 9.84 Å². The smallest absolute Gasteiger partial charge is 0.325 e. The van der Waals surface area contributed by atoms with E-state index in [0.29, 0.717) is 17.2 Å². The summed E-state index contributed by atoms with van der Waals surface area (Å²) in [5.41, 5.74) is 0.584. The minimum atomic E-state index is -0.977. The van der Waals surface area contributed by atoms with Gasteiger partial charge in [0.2, 0.25) is 0 Å². The molecule has 0 radical (unpaired) electrons. The number of para-hydroxylation sites is 2. The highest BCUT2D eigenvalue weighted by Crippen LogP contribution is 2.31. The highest BCUT2D eigenvalue weighted by Gasteiger charge is 2.12. The Labute approximate surface area is 103 Å². The van der Waals surface area contributed by atoms with Gasteiger partial charge in [-0.1, -0.05) is 12.1 Å². The number of rotatable bonds is 4. The first-order chi connectivity index (χ1) is 8.58. The standard InChI is InChI=1S/C12H12N2O4/c1-8-11(6-13-14(8)7-12(16)17)18-10-5-3-2-4-9(10)15/h2-6,15H,7H2,1H3,(H,16,17). The molecule has 6 nitrogen and oxygen atoms in total. The summed E-state index contributed by atoms with van der Waals surface area (Å²) in [6.45, 7) is 1.47. The van der Waals surface area contributed by atoms with Crippen molar-refractivity contribution in [2.75, 3.05) is 0 Å². The third kappa shape index (κ3) is 2.42. The number of aliphatic carboxylic acids is 1. The number of hydrogen-bond donors (Lipinski definition) is 2. The lowest BCUT2D eigenvalue weighted by Crippen LogP contribution is -2.11. The zero-order chi connectivity index (χ0) is 13.1. The van der Waals surface area contributed by atoms with E-state index in [0.717, 1.165) is 0 Å². The Kier molecular flexibility index (Phi) is 3.18. The SMILES string of the molecule is Cc1c(Oc2ccccc2O)cnn1CC(=O)O. The number of benzene rings is 1.